The molecule has 2 aromatic heterocycles. The van der Waals surface area contributed by atoms with Crippen molar-refractivity contribution in [1.82, 2.24) is 9.55 Å². The van der Waals surface area contributed by atoms with E-state index in [1.807, 2.05) is 24.4 Å². The monoisotopic (exact) mass is 1010 g/mol. The number of pyridine rings is 1. The van der Waals surface area contributed by atoms with E-state index >= 15 is 0 Å². The van der Waals surface area contributed by atoms with Crippen LogP contribution in [0.2, 0.25) is 0 Å². The second kappa shape index (κ2) is 17.1. The molecule has 0 atom stereocenters. The quantitative estimate of drug-likeness (QED) is 0.135. The number of benzene rings is 6. The molecule has 1 aliphatic rings. The SMILES string of the molecule is CC(C)(C)c1ccnc(-n2c3[c-]c(Oc4[c-]c(N5[CH-]N(CCCc6cc(C(C)(C)C)ccc6-c6ccccc6)c6cc(C(C)(C)C)ccc65)ccc4)ccc3c3ccccc32)c1.[Pt]. The summed E-state index contributed by atoms with van der Waals surface area (Å²) < 4.78 is 8.83. The molecule has 0 radical (unpaired) electrons. The average molecular weight is 1010 g/mol. The molecule has 1 aliphatic heterocycles. The van der Waals surface area contributed by atoms with Crippen LogP contribution >= 0.6 is 0 Å². The second-order valence-electron chi connectivity index (χ2n) is 19.8. The van der Waals surface area contributed by atoms with E-state index in [4.69, 9.17) is 9.72 Å². The Morgan fingerprint density at radius 2 is 1.29 bits per heavy atom. The van der Waals surface area contributed by atoms with Gasteiger partial charge in [-0.1, -0.05) is 141 Å². The molecule has 0 spiro atoms. The maximum absolute atomic E-state index is 6.63. The molecule has 0 saturated carbocycles. The van der Waals surface area contributed by atoms with Crippen molar-refractivity contribution in [2.45, 2.75) is 91.4 Å². The Bertz CT molecular complexity index is 2910. The number of aryl methyl sites for hydroxylation is 1. The first-order valence-corrected chi connectivity index (χ1v) is 22.0. The van der Waals surface area contributed by atoms with Crippen LogP contribution in [-0.2, 0) is 43.7 Å². The number of rotatable bonds is 9. The fraction of sp³-hybridized carbons (Fsp3) is 0.263. The zero-order chi connectivity index (χ0) is 43.4. The van der Waals surface area contributed by atoms with E-state index in [1.54, 1.807) is 0 Å². The minimum absolute atomic E-state index is 0. The first-order valence-electron chi connectivity index (χ1n) is 22.0. The molecule has 324 valence electrons. The third kappa shape index (κ3) is 8.96. The number of para-hydroxylation sites is 1. The van der Waals surface area contributed by atoms with Gasteiger partial charge in [0.15, 0.2) is 0 Å². The van der Waals surface area contributed by atoms with Gasteiger partial charge in [0.25, 0.3) is 0 Å². The van der Waals surface area contributed by atoms with Crippen LogP contribution in [0.3, 0.4) is 0 Å². The Hall–Kier alpha value is -5.64. The summed E-state index contributed by atoms with van der Waals surface area (Å²) in [4.78, 5) is 9.53. The molecule has 6 aromatic carbocycles. The number of fused-ring (bicyclic) bond motifs is 4. The smallest absolute Gasteiger partial charge is 0.135 e. The van der Waals surface area contributed by atoms with Crippen molar-refractivity contribution in [3.05, 3.63) is 181 Å². The molecular weight excluding hydrogens is 952 g/mol. The van der Waals surface area contributed by atoms with Crippen LogP contribution in [0.1, 0.15) is 91.0 Å². The zero-order valence-electron chi connectivity index (χ0n) is 38.0. The Morgan fingerprint density at radius 3 is 2.05 bits per heavy atom. The third-order valence-electron chi connectivity index (χ3n) is 12.2. The standard InChI is InChI=1S/C57H57N4O.Pt/c1-55(2,3)41-24-27-47(39-17-11-10-12-18-39)40(33-41)19-16-32-59-38-60(51-29-25-42(34-53(51)59)56(4,5)6)44-20-15-21-45(36-44)62-46-26-28-49-48-22-13-14-23-50(48)61(52(49)37-46)54-35-43(30-31-58-54)57(7,8)9;/h10-15,17-18,20-31,33-35,38H,16,19,32H2,1-9H3;/q-3;. The predicted molar refractivity (Wildman–Crippen MR) is 259 cm³/mol. The first kappa shape index (κ1) is 44.0. The molecule has 0 amide bonds. The van der Waals surface area contributed by atoms with Gasteiger partial charge in [0.05, 0.1) is 0 Å². The van der Waals surface area contributed by atoms with E-state index in [1.165, 1.54) is 39.1 Å². The van der Waals surface area contributed by atoms with Gasteiger partial charge < -0.3 is 19.1 Å². The van der Waals surface area contributed by atoms with E-state index in [0.29, 0.717) is 11.5 Å². The van der Waals surface area contributed by atoms with Gasteiger partial charge in [-0.2, -0.15) is 18.8 Å². The van der Waals surface area contributed by atoms with Gasteiger partial charge in [-0.3, -0.25) is 0 Å². The molecule has 6 heteroatoms. The van der Waals surface area contributed by atoms with Crippen LogP contribution in [0.25, 0.3) is 38.8 Å². The van der Waals surface area contributed by atoms with E-state index in [-0.39, 0.29) is 37.3 Å². The minimum Gasteiger partial charge on any atom is -0.509 e. The minimum atomic E-state index is -0.0142. The Balaban J connectivity index is 0.00000544. The fourth-order valence-corrected chi connectivity index (χ4v) is 8.60. The molecule has 3 heterocycles. The molecule has 5 nitrogen and oxygen atoms in total. The maximum Gasteiger partial charge on any atom is 0.135 e. The van der Waals surface area contributed by atoms with Crippen LogP contribution in [-0.4, -0.2) is 16.1 Å². The Labute approximate surface area is 389 Å². The fourth-order valence-electron chi connectivity index (χ4n) is 8.60. The molecular formula is C57H57N4OPt-3. The predicted octanol–water partition coefficient (Wildman–Crippen LogP) is 14.8. The molecule has 9 rings (SSSR count). The van der Waals surface area contributed by atoms with E-state index in [2.05, 4.69) is 211 Å². The number of anilines is 3. The van der Waals surface area contributed by atoms with Crippen molar-refractivity contribution < 1.29 is 25.8 Å². The summed E-state index contributed by atoms with van der Waals surface area (Å²) in [5, 5.41) is 2.25. The van der Waals surface area contributed by atoms with E-state index < -0.39 is 0 Å². The van der Waals surface area contributed by atoms with Gasteiger partial charge in [0.1, 0.15) is 5.82 Å². The number of hydrogen-bond acceptors (Lipinski definition) is 4. The summed E-state index contributed by atoms with van der Waals surface area (Å²) in [5.41, 5.74) is 13.2. The van der Waals surface area contributed by atoms with Gasteiger partial charge in [0.2, 0.25) is 0 Å². The summed E-state index contributed by atoms with van der Waals surface area (Å²) in [5.74, 6) is 2.11. The Kier molecular flexibility index (Phi) is 12.0. The summed E-state index contributed by atoms with van der Waals surface area (Å²) >= 11 is 0. The summed E-state index contributed by atoms with van der Waals surface area (Å²) in [6.07, 6.45) is 3.87. The molecule has 63 heavy (non-hydrogen) atoms. The van der Waals surface area contributed by atoms with Crippen LogP contribution in [0.4, 0.5) is 17.1 Å². The van der Waals surface area contributed by atoms with Crippen LogP contribution < -0.4 is 14.5 Å². The van der Waals surface area contributed by atoms with Gasteiger partial charge in [-0.15, -0.1) is 41.4 Å². The normalized spacial score (nSPS) is 13.1. The maximum atomic E-state index is 6.63. The molecule has 0 N–H and O–H groups in total. The topological polar surface area (TPSA) is 33.5 Å². The number of nitrogens with zero attached hydrogens (tertiary/aromatic N) is 4. The molecule has 0 bridgehead atoms. The summed E-state index contributed by atoms with van der Waals surface area (Å²) in [6, 6.07) is 55.1. The number of ether oxygens (including phenoxy) is 1. The first-order chi connectivity index (χ1) is 29.6. The zero-order valence-corrected chi connectivity index (χ0v) is 40.3. The largest absolute Gasteiger partial charge is 0.509 e. The van der Waals surface area contributed by atoms with Crippen molar-refractivity contribution in [2.75, 3.05) is 16.3 Å². The summed E-state index contributed by atoms with van der Waals surface area (Å²) in [6.45, 7) is 23.5. The van der Waals surface area contributed by atoms with E-state index in [0.717, 1.165) is 58.4 Å². The van der Waals surface area contributed by atoms with E-state index in [9.17, 15) is 0 Å². The van der Waals surface area contributed by atoms with Crippen molar-refractivity contribution in [2.24, 2.45) is 0 Å². The molecule has 8 aromatic rings. The van der Waals surface area contributed by atoms with Crippen molar-refractivity contribution in [1.29, 1.82) is 0 Å². The molecule has 0 saturated heterocycles. The van der Waals surface area contributed by atoms with Crippen molar-refractivity contribution in [3.8, 4) is 28.4 Å². The molecule has 0 fully saturated rings. The van der Waals surface area contributed by atoms with Crippen LogP contribution in [0.15, 0.2) is 140 Å². The van der Waals surface area contributed by atoms with Crippen LogP contribution in [0, 0.1) is 18.8 Å². The Morgan fingerprint density at radius 1 is 0.603 bits per heavy atom. The molecule has 0 aliphatic carbocycles. The summed E-state index contributed by atoms with van der Waals surface area (Å²) in [7, 11) is 0. The third-order valence-corrected chi connectivity index (χ3v) is 12.2. The second-order valence-corrected chi connectivity index (χ2v) is 19.8. The number of aromatic nitrogens is 2. The van der Waals surface area contributed by atoms with Crippen molar-refractivity contribution in [3.63, 3.8) is 0 Å². The van der Waals surface area contributed by atoms with Gasteiger partial charge in [-0.25, -0.2) is 4.98 Å². The van der Waals surface area contributed by atoms with Crippen molar-refractivity contribution >= 4 is 38.9 Å². The average Bonchev–Trinajstić information content (AvgIpc) is 3.78. The number of hydrogen-bond donors (Lipinski definition) is 0. The molecule has 0 unspecified atom stereocenters. The van der Waals surface area contributed by atoms with Gasteiger partial charge >= 0.3 is 0 Å². The van der Waals surface area contributed by atoms with Gasteiger partial charge in [-0.05, 0) is 105 Å². The van der Waals surface area contributed by atoms with Crippen LogP contribution in [0.5, 0.6) is 11.5 Å². The van der Waals surface area contributed by atoms with Gasteiger partial charge in [0, 0.05) is 55.7 Å².